The zero-order valence-corrected chi connectivity index (χ0v) is 11.5. The van der Waals surface area contributed by atoms with E-state index >= 15 is 0 Å². The first kappa shape index (κ1) is 15.4. The van der Waals surface area contributed by atoms with Gasteiger partial charge in [0.25, 0.3) is 0 Å². The van der Waals surface area contributed by atoms with Crippen LogP contribution >= 0.6 is 0 Å². The molecule has 0 aliphatic carbocycles. The summed E-state index contributed by atoms with van der Waals surface area (Å²) >= 11 is 0. The van der Waals surface area contributed by atoms with E-state index < -0.39 is 0 Å². The van der Waals surface area contributed by atoms with Crippen LogP contribution in [-0.4, -0.2) is 11.0 Å². The fraction of sp³-hybridized carbons (Fsp3) is 0.500. The van der Waals surface area contributed by atoms with Crippen LogP contribution in [0.25, 0.3) is 0 Å². The Bertz CT molecular complexity index is 362. The molecule has 3 heteroatoms. The molecule has 19 heavy (non-hydrogen) atoms. The molecule has 0 aliphatic heterocycles. The summed E-state index contributed by atoms with van der Waals surface area (Å²) in [5.74, 6) is -0.116. The van der Waals surface area contributed by atoms with Crippen molar-refractivity contribution in [2.24, 2.45) is 0 Å². The summed E-state index contributed by atoms with van der Waals surface area (Å²) in [4.78, 5) is 15.5. The minimum absolute atomic E-state index is 0.116. The van der Waals surface area contributed by atoms with Crippen molar-refractivity contribution in [2.75, 3.05) is 0 Å². The van der Waals surface area contributed by atoms with Crippen LogP contribution in [0.2, 0.25) is 0 Å². The van der Waals surface area contributed by atoms with Gasteiger partial charge in [-0.3, -0.25) is 9.78 Å². The standard InChI is InChI=1S/C16H23NO2/c1-2-3-4-5-6-7-8-11-16(18)19-14-15-10-9-12-17-13-15/h2,9-10,12-13H,1,3-8,11,14H2. The Balaban J connectivity index is 1.98. The van der Waals surface area contributed by atoms with Gasteiger partial charge >= 0.3 is 5.97 Å². The molecule has 1 aromatic heterocycles. The summed E-state index contributed by atoms with van der Waals surface area (Å²) in [6, 6.07) is 3.74. The normalized spacial score (nSPS) is 10.1. The van der Waals surface area contributed by atoms with Gasteiger partial charge in [-0.25, -0.2) is 0 Å². The summed E-state index contributed by atoms with van der Waals surface area (Å²) in [6.07, 6.45) is 12.6. The van der Waals surface area contributed by atoms with Crippen LogP contribution in [0.15, 0.2) is 37.2 Å². The van der Waals surface area contributed by atoms with Gasteiger partial charge in [-0.1, -0.05) is 31.4 Å². The summed E-state index contributed by atoms with van der Waals surface area (Å²) in [5.41, 5.74) is 0.931. The van der Waals surface area contributed by atoms with Crippen LogP contribution in [0.5, 0.6) is 0 Å². The van der Waals surface area contributed by atoms with E-state index in [1.165, 1.54) is 19.3 Å². The number of nitrogens with zero attached hydrogens (tertiary/aromatic N) is 1. The van der Waals surface area contributed by atoms with Crippen molar-refractivity contribution in [1.82, 2.24) is 4.98 Å². The summed E-state index contributed by atoms with van der Waals surface area (Å²) in [6.45, 7) is 4.02. The summed E-state index contributed by atoms with van der Waals surface area (Å²) < 4.78 is 5.18. The first-order valence-electron chi connectivity index (χ1n) is 6.98. The number of allylic oxidation sites excluding steroid dienone is 1. The van der Waals surface area contributed by atoms with Crippen molar-refractivity contribution in [3.63, 3.8) is 0 Å². The van der Waals surface area contributed by atoms with E-state index in [1.807, 2.05) is 18.2 Å². The molecular formula is C16H23NO2. The van der Waals surface area contributed by atoms with Crippen LogP contribution in [0.4, 0.5) is 0 Å². The molecule has 0 saturated heterocycles. The number of ether oxygens (including phenoxy) is 1. The first-order valence-corrected chi connectivity index (χ1v) is 6.98. The Hall–Kier alpha value is -1.64. The van der Waals surface area contributed by atoms with Gasteiger partial charge in [-0.2, -0.15) is 0 Å². The molecule has 0 atom stereocenters. The van der Waals surface area contributed by atoms with Crippen LogP contribution in [0, 0.1) is 0 Å². The van der Waals surface area contributed by atoms with Crippen LogP contribution in [0.3, 0.4) is 0 Å². The van der Waals surface area contributed by atoms with Crippen molar-refractivity contribution in [3.05, 3.63) is 42.7 Å². The van der Waals surface area contributed by atoms with Gasteiger partial charge in [0.1, 0.15) is 6.61 Å². The monoisotopic (exact) mass is 261 g/mol. The number of esters is 1. The number of carbonyl (C=O) groups excluding carboxylic acids is 1. The lowest BCUT2D eigenvalue weighted by molar-refractivity contribution is -0.145. The van der Waals surface area contributed by atoms with Crippen molar-refractivity contribution in [1.29, 1.82) is 0 Å². The Labute approximate surface area is 115 Å². The lowest BCUT2D eigenvalue weighted by Crippen LogP contribution is -2.04. The largest absolute Gasteiger partial charge is 0.461 e. The highest BCUT2D eigenvalue weighted by molar-refractivity contribution is 5.69. The summed E-state index contributed by atoms with van der Waals surface area (Å²) in [7, 11) is 0. The molecule has 0 unspecified atom stereocenters. The maximum absolute atomic E-state index is 11.5. The number of hydrogen-bond acceptors (Lipinski definition) is 3. The van der Waals surface area contributed by atoms with E-state index in [4.69, 9.17) is 4.74 Å². The van der Waals surface area contributed by atoms with Crippen molar-refractivity contribution in [3.8, 4) is 0 Å². The average molecular weight is 261 g/mol. The maximum atomic E-state index is 11.5. The Morgan fingerprint density at radius 2 is 2.05 bits per heavy atom. The smallest absolute Gasteiger partial charge is 0.306 e. The van der Waals surface area contributed by atoms with E-state index in [0.717, 1.165) is 24.8 Å². The number of hydrogen-bond donors (Lipinski definition) is 0. The Morgan fingerprint density at radius 1 is 1.26 bits per heavy atom. The average Bonchev–Trinajstić information content (AvgIpc) is 2.45. The number of carbonyl (C=O) groups is 1. The van der Waals surface area contributed by atoms with Gasteiger partial charge in [0, 0.05) is 24.4 Å². The molecule has 104 valence electrons. The topological polar surface area (TPSA) is 39.2 Å². The molecular weight excluding hydrogens is 238 g/mol. The predicted molar refractivity (Wildman–Crippen MR) is 76.5 cm³/mol. The lowest BCUT2D eigenvalue weighted by atomic mass is 10.1. The van der Waals surface area contributed by atoms with E-state index in [0.29, 0.717) is 13.0 Å². The Morgan fingerprint density at radius 3 is 2.79 bits per heavy atom. The highest BCUT2D eigenvalue weighted by Crippen LogP contribution is 2.08. The molecule has 0 fully saturated rings. The molecule has 1 rings (SSSR count). The Kier molecular flexibility index (Phi) is 8.36. The predicted octanol–water partition coefficient (Wildman–Crippen LogP) is 4.04. The van der Waals surface area contributed by atoms with Gasteiger partial charge in [-0.05, 0) is 25.3 Å². The molecule has 0 N–H and O–H groups in total. The fourth-order valence-corrected chi connectivity index (χ4v) is 1.81. The van der Waals surface area contributed by atoms with Gasteiger partial charge in [0.05, 0.1) is 0 Å². The summed E-state index contributed by atoms with van der Waals surface area (Å²) in [5, 5.41) is 0. The molecule has 0 aromatic carbocycles. The van der Waals surface area contributed by atoms with Gasteiger partial charge in [0.15, 0.2) is 0 Å². The zero-order valence-electron chi connectivity index (χ0n) is 11.5. The van der Waals surface area contributed by atoms with Gasteiger partial charge < -0.3 is 4.74 Å². The quantitative estimate of drug-likeness (QED) is 0.362. The molecule has 0 saturated carbocycles. The number of aromatic nitrogens is 1. The molecule has 0 radical (unpaired) electrons. The molecule has 0 bridgehead atoms. The SMILES string of the molecule is C=CCCCCCCCC(=O)OCc1cccnc1. The van der Waals surface area contributed by atoms with E-state index in [-0.39, 0.29) is 5.97 Å². The maximum Gasteiger partial charge on any atom is 0.306 e. The van der Waals surface area contributed by atoms with Crippen LogP contribution in [-0.2, 0) is 16.1 Å². The number of unbranched alkanes of at least 4 members (excludes halogenated alkanes) is 5. The third-order valence-corrected chi connectivity index (χ3v) is 2.91. The molecule has 0 amide bonds. The first-order chi connectivity index (χ1) is 9.33. The second-order valence-corrected chi connectivity index (χ2v) is 4.62. The zero-order chi connectivity index (χ0) is 13.8. The lowest BCUT2D eigenvalue weighted by Gasteiger charge is -2.04. The molecule has 3 nitrogen and oxygen atoms in total. The number of pyridine rings is 1. The molecule has 0 aliphatic rings. The van der Waals surface area contributed by atoms with Gasteiger partial charge in [-0.15, -0.1) is 6.58 Å². The van der Waals surface area contributed by atoms with E-state index in [2.05, 4.69) is 11.6 Å². The minimum atomic E-state index is -0.116. The van der Waals surface area contributed by atoms with Crippen molar-refractivity contribution >= 4 is 5.97 Å². The third kappa shape index (κ3) is 8.14. The number of rotatable bonds is 10. The van der Waals surface area contributed by atoms with Crippen molar-refractivity contribution in [2.45, 2.75) is 51.6 Å². The molecule has 0 spiro atoms. The van der Waals surface area contributed by atoms with E-state index in [9.17, 15) is 4.79 Å². The fourth-order valence-electron chi connectivity index (χ4n) is 1.81. The molecule has 1 heterocycles. The highest BCUT2D eigenvalue weighted by Gasteiger charge is 2.03. The van der Waals surface area contributed by atoms with Crippen LogP contribution < -0.4 is 0 Å². The second kappa shape index (κ2) is 10.3. The van der Waals surface area contributed by atoms with Crippen LogP contribution in [0.1, 0.15) is 50.5 Å². The third-order valence-electron chi connectivity index (χ3n) is 2.91. The molecule has 1 aromatic rings. The minimum Gasteiger partial charge on any atom is -0.461 e. The van der Waals surface area contributed by atoms with Gasteiger partial charge in [0.2, 0.25) is 0 Å². The van der Waals surface area contributed by atoms with E-state index in [1.54, 1.807) is 12.4 Å². The second-order valence-electron chi connectivity index (χ2n) is 4.62. The van der Waals surface area contributed by atoms with Crippen molar-refractivity contribution < 1.29 is 9.53 Å². The highest BCUT2D eigenvalue weighted by atomic mass is 16.5.